The van der Waals surface area contributed by atoms with E-state index in [1.54, 1.807) is 6.07 Å². The molecule has 1 fully saturated rings. The number of aryl methyl sites for hydroxylation is 1. The molecule has 0 saturated heterocycles. The normalized spacial score (nSPS) is 18.2. The van der Waals surface area contributed by atoms with Crippen molar-refractivity contribution in [2.24, 2.45) is 5.73 Å². The zero-order valence-corrected chi connectivity index (χ0v) is 14.1. The van der Waals surface area contributed by atoms with Crippen molar-refractivity contribution in [2.45, 2.75) is 57.1 Å². The largest absolute Gasteiger partial charge is 0.490 e. The molecule has 1 aromatic carbocycles. The van der Waals surface area contributed by atoms with Crippen LogP contribution < -0.4 is 15.8 Å². The zero-order chi connectivity index (χ0) is 17.6. The molecule has 1 aliphatic rings. The Labute approximate surface area is 142 Å². The van der Waals surface area contributed by atoms with Crippen molar-refractivity contribution < 1.29 is 19.4 Å². The number of carbonyl (C=O) groups is 2. The minimum absolute atomic E-state index is 0.175. The molecule has 0 unspecified atom stereocenters. The van der Waals surface area contributed by atoms with E-state index in [9.17, 15) is 14.7 Å². The van der Waals surface area contributed by atoms with Gasteiger partial charge in [0, 0.05) is 0 Å². The molecule has 0 spiro atoms. The molecule has 2 rings (SSSR count). The highest BCUT2D eigenvalue weighted by Gasteiger charge is 2.39. The van der Waals surface area contributed by atoms with Gasteiger partial charge in [0.25, 0.3) is 5.91 Å². The third kappa shape index (κ3) is 4.47. The van der Waals surface area contributed by atoms with Crippen molar-refractivity contribution in [1.29, 1.82) is 0 Å². The van der Waals surface area contributed by atoms with Crippen LogP contribution >= 0.6 is 0 Å². The molecule has 132 valence electrons. The maximum atomic E-state index is 12.3. The quantitative estimate of drug-likeness (QED) is 0.685. The molecule has 6 heteroatoms. The van der Waals surface area contributed by atoms with E-state index in [2.05, 4.69) is 5.32 Å². The molecular formula is C18H26N2O4. The highest BCUT2D eigenvalue weighted by molar-refractivity contribution is 5.91. The van der Waals surface area contributed by atoms with Crippen molar-refractivity contribution in [1.82, 2.24) is 5.32 Å². The SMILES string of the molecule is Cc1ccccc1OC[C@H](O)C(=O)NC1(C(N)=O)CCCCCC1. The Morgan fingerprint density at radius 1 is 1.25 bits per heavy atom. The van der Waals surface area contributed by atoms with E-state index >= 15 is 0 Å². The van der Waals surface area contributed by atoms with E-state index in [0.29, 0.717) is 18.6 Å². The number of hydrogen-bond acceptors (Lipinski definition) is 4. The number of ether oxygens (including phenoxy) is 1. The fourth-order valence-electron chi connectivity index (χ4n) is 3.05. The average Bonchev–Trinajstić information content (AvgIpc) is 2.80. The van der Waals surface area contributed by atoms with Gasteiger partial charge in [0.15, 0.2) is 6.10 Å². The van der Waals surface area contributed by atoms with E-state index in [4.69, 9.17) is 10.5 Å². The lowest BCUT2D eigenvalue weighted by atomic mass is 9.89. The van der Waals surface area contributed by atoms with Gasteiger partial charge in [-0.15, -0.1) is 0 Å². The lowest BCUT2D eigenvalue weighted by Gasteiger charge is -2.31. The van der Waals surface area contributed by atoms with Crippen LogP contribution in [0, 0.1) is 6.92 Å². The second-order valence-corrected chi connectivity index (χ2v) is 6.44. The first-order chi connectivity index (χ1) is 11.4. The van der Waals surface area contributed by atoms with Crippen molar-refractivity contribution in [2.75, 3.05) is 6.61 Å². The molecule has 1 aromatic rings. The average molecular weight is 334 g/mol. The van der Waals surface area contributed by atoms with Crippen LogP contribution in [0.4, 0.5) is 0 Å². The lowest BCUT2D eigenvalue weighted by molar-refractivity contribution is -0.138. The van der Waals surface area contributed by atoms with Crippen LogP contribution in [-0.2, 0) is 9.59 Å². The fourth-order valence-corrected chi connectivity index (χ4v) is 3.05. The molecular weight excluding hydrogens is 308 g/mol. The molecule has 6 nitrogen and oxygen atoms in total. The van der Waals surface area contributed by atoms with Gasteiger partial charge in [-0.05, 0) is 31.4 Å². The minimum Gasteiger partial charge on any atom is -0.490 e. The molecule has 1 atom stereocenters. The first-order valence-electron chi connectivity index (χ1n) is 8.43. The third-order valence-electron chi connectivity index (χ3n) is 4.58. The summed E-state index contributed by atoms with van der Waals surface area (Å²) >= 11 is 0. The molecule has 0 heterocycles. The molecule has 0 radical (unpaired) electrons. The minimum atomic E-state index is -1.36. The summed E-state index contributed by atoms with van der Waals surface area (Å²) in [7, 11) is 0. The topological polar surface area (TPSA) is 102 Å². The highest BCUT2D eigenvalue weighted by Crippen LogP contribution is 2.27. The van der Waals surface area contributed by atoms with Crippen LogP contribution in [-0.4, -0.2) is 35.2 Å². The Kier molecular flexibility index (Phi) is 6.20. The van der Waals surface area contributed by atoms with Crippen LogP contribution in [0.15, 0.2) is 24.3 Å². The number of hydrogen-bond donors (Lipinski definition) is 3. The summed E-state index contributed by atoms with van der Waals surface area (Å²) in [6.07, 6.45) is 3.37. The van der Waals surface area contributed by atoms with Gasteiger partial charge in [-0.25, -0.2) is 0 Å². The molecule has 4 N–H and O–H groups in total. The smallest absolute Gasteiger partial charge is 0.253 e. The summed E-state index contributed by atoms with van der Waals surface area (Å²) in [5, 5.41) is 12.8. The first-order valence-corrected chi connectivity index (χ1v) is 8.43. The lowest BCUT2D eigenvalue weighted by Crippen LogP contribution is -2.59. The number of nitrogens with two attached hydrogens (primary N) is 1. The van der Waals surface area contributed by atoms with Gasteiger partial charge >= 0.3 is 0 Å². The molecule has 2 amide bonds. The first kappa shape index (κ1) is 18.3. The summed E-state index contributed by atoms with van der Waals surface area (Å²) in [5.74, 6) is -0.544. The Bertz CT molecular complexity index is 580. The number of aliphatic hydroxyl groups is 1. The molecule has 0 aliphatic heterocycles. The summed E-state index contributed by atoms with van der Waals surface area (Å²) in [6.45, 7) is 1.71. The highest BCUT2D eigenvalue weighted by atomic mass is 16.5. The Balaban J connectivity index is 1.96. The molecule has 0 aromatic heterocycles. The number of primary amides is 1. The Morgan fingerprint density at radius 3 is 2.46 bits per heavy atom. The second kappa shape index (κ2) is 8.15. The van der Waals surface area contributed by atoms with Crippen LogP contribution in [0.5, 0.6) is 5.75 Å². The molecule has 0 bridgehead atoms. The summed E-state index contributed by atoms with van der Waals surface area (Å²) in [6, 6.07) is 7.36. The predicted octanol–water partition coefficient (Wildman–Crippen LogP) is 1.43. The maximum absolute atomic E-state index is 12.3. The number of benzene rings is 1. The van der Waals surface area contributed by atoms with Crippen molar-refractivity contribution in [3.63, 3.8) is 0 Å². The number of aliphatic hydroxyl groups excluding tert-OH is 1. The van der Waals surface area contributed by atoms with E-state index in [1.807, 2.05) is 25.1 Å². The third-order valence-corrected chi connectivity index (χ3v) is 4.58. The van der Waals surface area contributed by atoms with Crippen LogP contribution in [0.1, 0.15) is 44.1 Å². The van der Waals surface area contributed by atoms with Gasteiger partial charge in [0.1, 0.15) is 17.9 Å². The zero-order valence-electron chi connectivity index (χ0n) is 14.1. The molecule has 1 saturated carbocycles. The van der Waals surface area contributed by atoms with Gasteiger partial charge in [-0.3, -0.25) is 9.59 Å². The number of amides is 2. The van der Waals surface area contributed by atoms with Crippen LogP contribution in [0.25, 0.3) is 0 Å². The number of rotatable bonds is 6. The number of nitrogens with one attached hydrogen (secondary N) is 1. The van der Waals surface area contributed by atoms with Crippen LogP contribution in [0.3, 0.4) is 0 Å². The monoisotopic (exact) mass is 334 g/mol. The van der Waals surface area contributed by atoms with Gasteiger partial charge < -0.3 is 20.9 Å². The van der Waals surface area contributed by atoms with Gasteiger partial charge in [0.05, 0.1) is 0 Å². The van der Waals surface area contributed by atoms with Gasteiger partial charge in [0.2, 0.25) is 5.91 Å². The van der Waals surface area contributed by atoms with Crippen molar-refractivity contribution >= 4 is 11.8 Å². The van der Waals surface area contributed by atoms with Gasteiger partial charge in [-0.1, -0.05) is 43.9 Å². The van der Waals surface area contributed by atoms with Gasteiger partial charge in [-0.2, -0.15) is 0 Å². The van der Waals surface area contributed by atoms with E-state index < -0.39 is 23.5 Å². The molecule has 1 aliphatic carbocycles. The summed E-state index contributed by atoms with van der Waals surface area (Å²) in [4.78, 5) is 24.2. The Hall–Kier alpha value is -2.08. The van der Waals surface area contributed by atoms with Crippen LogP contribution in [0.2, 0.25) is 0 Å². The molecule has 24 heavy (non-hydrogen) atoms. The van der Waals surface area contributed by atoms with E-state index in [-0.39, 0.29) is 6.61 Å². The fraction of sp³-hybridized carbons (Fsp3) is 0.556. The maximum Gasteiger partial charge on any atom is 0.253 e. The van der Waals surface area contributed by atoms with E-state index in [0.717, 1.165) is 31.2 Å². The van der Waals surface area contributed by atoms with Crippen molar-refractivity contribution in [3.05, 3.63) is 29.8 Å². The predicted molar refractivity (Wildman–Crippen MR) is 90.5 cm³/mol. The second-order valence-electron chi connectivity index (χ2n) is 6.44. The van der Waals surface area contributed by atoms with E-state index in [1.165, 1.54) is 0 Å². The Morgan fingerprint density at radius 2 is 1.88 bits per heavy atom. The van der Waals surface area contributed by atoms with Crippen molar-refractivity contribution in [3.8, 4) is 5.75 Å². The summed E-state index contributed by atoms with van der Waals surface area (Å²) in [5.41, 5.74) is 5.40. The number of para-hydroxylation sites is 1. The standard InChI is InChI=1S/C18H26N2O4/c1-13-8-4-5-9-15(13)24-12-14(21)16(22)20-18(17(19)23)10-6-2-3-7-11-18/h4-5,8-9,14,21H,2-3,6-7,10-12H2,1H3,(H2,19,23)(H,20,22)/t14-/m0/s1. The summed E-state index contributed by atoms with van der Waals surface area (Å²) < 4.78 is 5.50. The number of carbonyl (C=O) groups excluding carboxylic acids is 2.